The van der Waals surface area contributed by atoms with Crippen molar-refractivity contribution in [2.24, 2.45) is 5.92 Å². The van der Waals surface area contributed by atoms with Crippen molar-refractivity contribution >= 4 is 15.9 Å². The van der Waals surface area contributed by atoms with E-state index in [1.54, 1.807) is 12.4 Å². The fraction of sp³-hybridized carbons (Fsp3) is 0.478. The average molecular weight is 462 g/mol. The molecule has 2 aliphatic heterocycles. The number of aromatic nitrogens is 1. The molecule has 0 radical (unpaired) electrons. The number of nitrogens with zero attached hydrogens (tertiary/aromatic N) is 3. The Balaban J connectivity index is 1.43. The Labute approximate surface area is 188 Å². The minimum absolute atomic E-state index is 0.00675. The maximum Gasteiger partial charge on any atom is 0.245 e. The zero-order valence-electron chi connectivity index (χ0n) is 17.9. The summed E-state index contributed by atoms with van der Waals surface area (Å²) in [6.07, 6.45) is 6.20. The zero-order chi connectivity index (χ0) is 22.6. The molecule has 0 bridgehead atoms. The van der Waals surface area contributed by atoms with Gasteiger partial charge in [-0.05, 0) is 49.4 Å². The van der Waals surface area contributed by atoms with Crippen LogP contribution >= 0.6 is 0 Å². The third-order valence-corrected chi connectivity index (χ3v) is 8.05. The van der Waals surface area contributed by atoms with Crippen LogP contribution in [0.2, 0.25) is 0 Å². The molecule has 1 aromatic carbocycles. The lowest BCUT2D eigenvalue weighted by Crippen LogP contribution is -2.46. The molecular formula is C23H28FN3O4S. The van der Waals surface area contributed by atoms with Crippen LogP contribution in [0, 0.1) is 11.7 Å². The fourth-order valence-corrected chi connectivity index (χ4v) is 5.91. The third kappa shape index (κ3) is 5.16. The van der Waals surface area contributed by atoms with Gasteiger partial charge >= 0.3 is 0 Å². The molecule has 1 atom stereocenters. The highest BCUT2D eigenvalue weighted by molar-refractivity contribution is 7.89. The van der Waals surface area contributed by atoms with E-state index in [9.17, 15) is 17.6 Å². The van der Waals surface area contributed by atoms with Gasteiger partial charge in [-0.3, -0.25) is 9.78 Å². The van der Waals surface area contributed by atoms with Gasteiger partial charge in [0.1, 0.15) is 10.7 Å². The summed E-state index contributed by atoms with van der Waals surface area (Å²) in [5.74, 6) is -1.03. The van der Waals surface area contributed by atoms with E-state index in [1.807, 2.05) is 17.0 Å². The van der Waals surface area contributed by atoms with Crippen molar-refractivity contribution in [2.75, 3.05) is 26.2 Å². The van der Waals surface area contributed by atoms with Gasteiger partial charge in [-0.25, -0.2) is 12.8 Å². The lowest BCUT2D eigenvalue weighted by molar-refractivity contribution is -0.139. The van der Waals surface area contributed by atoms with Crippen LogP contribution in [-0.2, 0) is 26.1 Å². The highest BCUT2D eigenvalue weighted by Crippen LogP contribution is 2.27. The first-order valence-electron chi connectivity index (χ1n) is 11.0. The molecule has 172 valence electrons. The van der Waals surface area contributed by atoms with E-state index in [2.05, 4.69) is 4.98 Å². The Morgan fingerprint density at radius 3 is 2.59 bits per heavy atom. The molecule has 2 saturated heterocycles. The van der Waals surface area contributed by atoms with Gasteiger partial charge in [-0.1, -0.05) is 18.2 Å². The van der Waals surface area contributed by atoms with Crippen LogP contribution in [0.15, 0.2) is 53.7 Å². The molecule has 4 rings (SSSR count). The van der Waals surface area contributed by atoms with Gasteiger partial charge in [0, 0.05) is 51.1 Å². The molecule has 0 saturated carbocycles. The van der Waals surface area contributed by atoms with Crippen LogP contribution < -0.4 is 0 Å². The second kappa shape index (κ2) is 10.1. The SMILES string of the molecule is O=C(C1CCN(S(=O)(=O)c2ccccc2F)CC1)N(Cc1cccnc1)CC1CCCO1. The topological polar surface area (TPSA) is 79.8 Å². The number of halogens is 1. The monoisotopic (exact) mass is 461 g/mol. The van der Waals surface area contributed by atoms with Gasteiger partial charge in [0.25, 0.3) is 0 Å². The van der Waals surface area contributed by atoms with Crippen molar-refractivity contribution in [1.29, 1.82) is 0 Å². The number of amides is 1. The van der Waals surface area contributed by atoms with Gasteiger partial charge in [0.05, 0.1) is 6.10 Å². The minimum Gasteiger partial charge on any atom is -0.376 e. The first-order valence-corrected chi connectivity index (χ1v) is 12.4. The number of piperidine rings is 1. The minimum atomic E-state index is -3.92. The van der Waals surface area contributed by atoms with Crippen LogP contribution in [0.25, 0.3) is 0 Å². The van der Waals surface area contributed by atoms with Gasteiger partial charge in [0.15, 0.2) is 0 Å². The van der Waals surface area contributed by atoms with E-state index in [1.165, 1.54) is 22.5 Å². The lowest BCUT2D eigenvalue weighted by atomic mass is 9.96. The summed E-state index contributed by atoms with van der Waals surface area (Å²) in [4.78, 5) is 19.0. The molecule has 0 N–H and O–H groups in total. The Bertz CT molecular complexity index is 1020. The third-order valence-electron chi connectivity index (χ3n) is 6.11. The Kier molecular flexibility index (Phi) is 7.17. The number of hydrogen-bond donors (Lipinski definition) is 0. The summed E-state index contributed by atoms with van der Waals surface area (Å²) in [5, 5.41) is 0. The molecule has 7 nitrogen and oxygen atoms in total. The highest BCUT2D eigenvalue weighted by Gasteiger charge is 2.35. The number of pyridine rings is 1. The van der Waals surface area contributed by atoms with Crippen molar-refractivity contribution < 1.29 is 22.3 Å². The quantitative estimate of drug-likeness (QED) is 0.634. The first-order chi connectivity index (χ1) is 15.4. The van der Waals surface area contributed by atoms with Crippen LogP contribution in [-0.4, -0.2) is 60.9 Å². The summed E-state index contributed by atoms with van der Waals surface area (Å²) >= 11 is 0. The summed E-state index contributed by atoms with van der Waals surface area (Å²) in [6.45, 7) is 2.05. The van der Waals surface area contributed by atoms with Crippen LogP contribution in [0.3, 0.4) is 0 Å². The molecular weight excluding hydrogens is 433 g/mol. The molecule has 9 heteroatoms. The van der Waals surface area contributed by atoms with E-state index in [-0.39, 0.29) is 35.9 Å². The smallest absolute Gasteiger partial charge is 0.245 e. The number of sulfonamides is 1. The van der Waals surface area contributed by atoms with E-state index in [0.717, 1.165) is 24.5 Å². The Morgan fingerprint density at radius 2 is 1.94 bits per heavy atom. The average Bonchev–Trinajstić information content (AvgIpc) is 3.32. The molecule has 0 spiro atoms. The van der Waals surface area contributed by atoms with Crippen molar-refractivity contribution in [3.8, 4) is 0 Å². The predicted molar refractivity (Wildman–Crippen MR) is 117 cm³/mol. The molecule has 32 heavy (non-hydrogen) atoms. The highest BCUT2D eigenvalue weighted by atomic mass is 32.2. The second-order valence-corrected chi connectivity index (χ2v) is 10.2. The van der Waals surface area contributed by atoms with Crippen molar-refractivity contribution in [3.63, 3.8) is 0 Å². The number of ether oxygens (including phenoxy) is 1. The lowest BCUT2D eigenvalue weighted by Gasteiger charge is -2.34. The maximum absolute atomic E-state index is 14.1. The second-order valence-electron chi connectivity index (χ2n) is 8.32. The zero-order valence-corrected chi connectivity index (χ0v) is 18.7. The Hall–Kier alpha value is -2.36. The predicted octanol–water partition coefficient (Wildman–Crippen LogP) is 2.83. The fourth-order valence-electron chi connectivity index (χ4n) is 4.37. The summed E-state index contributed by atoms with van der Waals surface area (Å²) in [7, 11) is -3.92. The van der Waals surface area contributed by atoms with Crippen molar-refractivity contribution in [1.82, 2.24) is 14.2 Å². The summed E-state index contributed by atoms with van der Waals surface area (Å²) in [6, 6.07) is 9.17. The summed E-state index contributed by atoms with van der Waals surface area (Å²) in [5.41, 5.74) is 0.943. The van der Waals surface area contributed by atoms with Gasteiger partial charge in [-0.15, -0.1) is 0 Å². The van der Waals surface area contributed by atoms with E-state index >= 15 is 0 Å². The van der Waals surface area contributed by atoms with E-state index < -0.39 is 15.8 Å². The standard InChI is InChI=1S/C23H28FN3O4S/c24-21-7-1-2-8-22(21)32(29,30)27-12-9-19(10-13-27)23(28)26(17-20-6-4-14-31-20)16-18-5-3-11-25-15-18/h1-3,5,7-8,11,15,19-20H,4,6,9-10,12-14,16-17H2. The molecule has 0 aliphatic carbocycles. The molecule has 2 aromatic rings. The molecule has 2 fully saturated rings. The van der Waals surface area contributed by atoms with E-state index in [0.29, 0.717) is 32.5 Å². The van der Waals surface area contributed by atoms with Crippen LogP contribution in [0.4, 0.5) is 4.39 Å². The number of carbonyl (C=O) groups is 1. The van der Waals surface area contributed by atoms with Crippen LogP contribution in [0.5, 0.6) is 0 Å². The molecule has 2 aliphatic rings. The number of rotatable bonds is 7. The molecule has 3 heterocycles. The first kappa shape index (κ1) is 22.8. The normalized spacial score (nSPS) is 20.3. The molecule has 1 aromatic heterocycles. The maximum atomic E-state index is 14.1. The number of hydrogen-bond acceptors (Lipinski definition) is 5. The summed E-state index contributed by atoms with van der Waals surface area (Å²) < 4.78 is 46.8. The van der Waals surface area contributed by atoms with Crippen molar-refractivity contribution in [2.45, 2.75) is 43.2 Å². The van der Waals surface area contributed by atoms with Crippen LogP contribution in [0.1, 0.15) is 31.2 Å². The van der Waals surface area contributed by atoms with E-state index in [4.69, 9.17) is 4.74 Å². The van der Waals surface area contributed by atoms with Gasteiger partial charge in [-0.2, -0.15) is 4.31 Å². The molecule has 1 unspecified atom stereocenters. The van der Waals surface area contributed by atoms with Crippen molar-refractivity contribution in [3.05, 3.63) is 60.2 Å². The largest absolute Gasteiger partial charge is 0.376 e. The molecule has 1 amide bonds. The number of benzene rings is 1. The van der Waals surface area contributed by atoms with Gasteiger partial charge < -0.3 is 9.64 Å². The Morgan fingerprint density at radius 1 is 1.16 bits per heavy atom. The van der Waals surface area contributed by atoms with Gasteiger partial charge in [0.2, 0.25) is 15.9 Å². The number of carbonyl (C=O) groups excluding carboxylic acids is 1.